The van der Waals surface area contributed by atoms with Crippen molar-refractivity contribution in [3.63, 3.8) is 0 Å². The van der Waals surface area contributed by atoms with E-state index in [1.807, 2.05) is 19.9 Å². The van der Waals surface area contributed by atoms with Crippen molar-refractivity contribution in [1.29, 1.82) is 0 Å². The van der Waals surface area contributed by atoms with Crippen molar-refractivity contribution in [3.8, 4) is 5.75 Å². The Kier molecular flexibility index (Phi) is 2.51. The largest absolute Gasteiger partial charge is 0.507 e. The van der Waals surface area contributed by atoms with Crippen molar-refractivity contribution in [1.82, 2.24) is 0 Å². The SMILES string of the molecule is CCC(=O)c1cc(C)c2c(c1O)CCC2. The molecule has 2 nitrogen and oxygen atoms in total. The number of aryl methyl sites for hydroxylation is 1. The van der Waals surface area contributed by atoms with Crippen LogP contribution in [0.3, 0.4) is 0 Å². The van der Waals surface area contributed by atoms with E-state index in [1.54, 1.807) is 0 Å². The van der Waals surface area contributed by atoms with E-state index < -0.39 is 0 Å². The molecule has 0 fully saturated rings. The fourth-order valence-corrected chi connectivity index (χ4v) is 2.38. The molecule has 0 aliphatic heterocycles. The van der Waals surface area contributed by atoms with E-state index in [0.29, 0.717) is 12.0 Å². The summed E-state index contributed by atoms with van der Waals surface area (Å²) in [7, 11) is 0. The second-order valence-electron chi connectivity index (χ2n) is 4.18. The summed E-state index contributed by atoms with van der Waals surface area (Å²) in [5.74, 6) is 0.269. The Morgan fingerprint density at radius 3 is 2.73 bits per heavy atom. The average Bonchev–Trinajstić information content (AvgIpc) is 2.71. The summed E-state index contributed by atoms with van der Waals surface area (Å²) in [4.78, 5) is 11.6. The van der Waals surface area contributed by atoms with Gasteiger partial charge in [-0.05, 0) is 48.9 Å². The fourth-order valence-electron chi connectivity index (χ4n) is 2.38. The first kappa shape index (κ1) is 10.2. The number of carbonyl (C=O) groups is 1. The van der Waals surface area contributed by atoms with Crippen LogP contribution < -0.4 is 0 Å². The molecule has 0 amide bonds. The molecule has 1 aliphatic carbocycles. The minimum atomic E-state index is 0.0327. The van der Waals surface area contributed by atoms with Gasteiger partial charge in [-0.15, -0.1) is 0 Å². The third-order valence-corrected chi connectivity index (χ3v) is 3.22. The van der Waals surface area contributed by atoms with Crippen LogP contribution in [-0.2, 0) is 12.8 Å². The first-order valence-corrected chi connectivity index (χ1v) is 5.52. The molecular weight excluding hydrogens is 188 g/mol. The summed E-state index contributed by atoms with van der Waals surface area (Å²) in [5, 5.41) is 10.0. The maximum absolute atomic E-state index is 11.6. The summed E-state index contributed by atoms with van der Waals surface area (Å²) < 4.78 is 0. The fraction of sp³-hybridized carbons (Fsp3) is 0.462. The van der Waals surface area contributed by atoms with Crippen LogP contribution in [0.15, 0.2) is 6.07 Å². The van der Waals surface area contributed by atoms with Gasteiger partial charge in [-0.1, -0.05) is 6.92 Å². The molecule has 15 heavy (non-hydrogen) atoms. The van der Waals surface area contributed by atoms with Crippen LogP contribution in [0.5, 0.6) is 5.75 Å². The predicted octanol–water partition coefficient (Wildman–Crippen LogP) is 2.78. The smallest absolute Gasteiger partial charge is 0.166 e. The van der Waals surface area contributed by atoms with Crippen LogP contribution in [-0.4, -0.2) is 10.9 Å². The van der Waals surface area contributed by atoms with Crippen LogP contribution in [0.2, 0.25) is 0 Å². The number of ketones is 1. The monoisotopic (exact) mass is 204 g/mol. The third kappa shape index (κ3) is 1.54. The minimum Gasteiger partial charge on any atom is -0.507 e. The summed E-state index contributed by atoms with van der Waals surface area (Å²) in [6, 6.07) is 1.84. The van der Waals surface area contributed by atoms with Crippen LogP contribution in [0.25, 0.3) is 0 Å². The van der Waals surface area contributed by atoms with Gasteiger partial charge in [-0.25, -0.2) is 0 Å². The van der Waals surface area contributed by atoms with E-state index in [4.69, 9.17) is 0 Å². The van der Waals surface area contributed by atoms with Crippen molar-refractivity contribution in [2.24, 2.45) is 0 Å². The molecule has 1 aromatic carbocycles. The van der Waals surface area contributed by atoms with Gasteiger partial charge in [0, 0.05) is 6.42 Å². The first-order chi connectivity index (χ1) is 7.15. The number of benzene rings is 1. The molecule has 0 saturated heterocycles. The lowest BCUT2D eigenvalue weighted by atomic mass is 9.96. The maximum atomic E-state index is 11.6. The predicted molar refractivity (Wildman–Crippen MR) is 59.5 cm³/mol. The Bertz CT molecular complexity index is 419. The van der Waals surface area contributed by atoms with Crippen molar-refractivity contribution < 1.29 is 9.90 Å². The van der Waals surface area contributed by atoms with Gasteiger partial charge in [0.2, 0.25) is 0 Å². The topological polar surface area (TPSA) is 37.3 Å². The number of carbonyl (C=O) groups excluding carboxylic acids is 1. The Balaban J connectivity index is 2.59. The van der Waals surface area contributed by atoms with Gasteiger partial charge in [-0.3, -0.25) is 4.79 Å². The molecule has 0 aromatic heterocycles. The highest BCUT2D eigenvalue weighted by Gasteiger charge is 2.22. The highest BCUT2D eigenvalue weighted by atomic mass is 16.3. The molecule has 2 rings (SSSR count). The Labute approximate surface area is 89.9 Å². The molecule has 1 aliphatic rings. The van der Waals surface area contributed by atoms with Crippen LogP contribution in [0.1, 0.15) is 46.8 Å². The van der Waals surface area contributed by atoms with E-state index in [2.05, 4.69) is 0 Å². The highest BCUT2D eigenvalue weighted by Crippen LogP contribution is 2.35. The van der Waals surface area contributed by atoms with Crippen LogP contribution >= 0.6 is 0 Å². The van der Waals surface area contributed by atoms with Crippen molar-refractivity contribution >= 4 is 5.78 Å². The molecule has 1 aromatic rings. The molecule has 0 unspecified atom stereocenters. The Morgan fingerprint density at radius 2 is 2.07 bits per heavy atom. The molecule has 80 valence electrons. The average molecular weight is 204 g/mol. The number of hydrogen-bond donors (Lipinski definition) is 1. The zero-order valence-electron chi connectivity index (χ0n) is 9.26. The van der Waals surface area contributed by atoms with Gasteiger partial charge in [0.15, 0.2) is 5.78 Å². The van der Waals surface area contributed by atoms with Crippen LogP contribution in [0, 0.1) is 6.92 Å². The summed E-state index contributed by atoms with van der Waals surface area (Å²) in [6.07, 6.45) is 3.49. The number of Topliss-reactive ketones (excluding diaryl/α,β-unsaturated/α-hetero) is 1. The van der Waals surface area contributed by atoms with Gasteiger partial charge in [-0.2, -0.15) is 0 Å². The molecule has 2 heteroatoms. The molecule has 0 atom stereocenters. The molecule has 0 heterocycles. The van der Waals surface area contributed by atoms with Crippen molar-refractivity contribution in [3.05, 3.63) is 28.3 Å². The first-order valence-electron chi connectivity index (χ1n) is 5.52. The van der Waals surface area contributed by atoms with Gasteiger partial charge < -0.3 is 5.11 Å². The number of hydrogen-bond acceptors (Lipinski definition) is 2. The molecule has 0 bridgehead atoms. The van der Waals surface area contributed by atoms with Gasteiger partial charge in [0.05, 0.1) is 5.56 Å². The molecule has 0 saturated carbocycles. The standard InChI is InChI=1S/C13H16O2/c1-3-12(14)11-7-8(2)9-5-4-6-10(9)13(11)15/h7,15H,3-6H2,1-2H3. The Morgan fingerprint density at radius 1 is 1.40 bits per heavy atom. The van der Waals surface area contributed by atoms with E-state index >= 15 is 0 Å². The number of phenolic OH excluding ortho intramolecular Hbond substituents is 1. The van der Waals surface area contributed by atoms with Gasteiger partial charge in [0.25, 0.3) is 0 Å². The Hall–Kier alpha value is -1.31. The van der Waals surface area contributed by atoms with E-state index in [-0.39, 0.29) is 11.5 Å². The second kappa shape index (κ2) is 3.69. The number of rotatable bonds is 2. The lowest BCUT2D eigenvalue weighted by Gasteiger charge is -2.10. The summed E-state index contributed by atoms with van der Waals surface area (Å²) >= 11 is 0. The molecular formula is C13H16O2. The molecule has 0 spiro atoms. The lowest BCUT2D eigenvalue weighted by molar-refractivity contribution is 0.0985. The molecule has 1 N–H and O–H groups in total. The number of aromatic hydroxyl groups is 1. The summed E-state index contributed by atoms with van der Waals surface area (Å²) in [6.45, 7) is 3.85. The molecule has 0 radical (unpaired) electrons. The minimum absolute atomic E-state index is 0.0327. The van der Waals surface area contributed by atoms with Gasteiger partial charge >= 0.3 is 0 Å². The van der Waals surface area contributed by atoms with Crippen molar-refractivity contribution in [2.75, 3.05) is 0 Å². The van der Waals surface area contributed by atoms with Crippen LogP contribution in [0.4, 0.5) is 0 Å². The quantitative estimate of drug-likeness (QED) is 0.752. The maximum Gasteiger partial charge on any atom is 0.166 e. The van der Waals surface area contributed by atoms with Crippen molar-refractivity contribution in [2.45, 2.75) is 39.5 Å². The lowest BCUT2D eigenvalue weighted by Crippen LogP contribution is -2.01. The zero-order valence-corrected chi connectivity index (χ0v) is 9.26. The number of phenols is 1. The number of fused-ring (bicyclic) bond motifs is 1. The summed E-state index contributed by atoms with van der Waals surface area (Å²) in [5.41, 5.74) is 3.92. The van der Waals surface area contributed by atoms with E-state index in [0.717, 1.165) is 30.4 Å². The van der Waals surface area contributed by atoms with E-state index in [9.17, 15) is 9.90 Å². The second-order valence-corrected chi connectivity index (χ2v) is 4.18. The highest BCUT2D eigenvalue weighted by molar-refractivity contribution is 5.99. The normalized spacial score (nSPS) is 14.0. The van der Waals surface area contributed by atoms with Gasteiger partial charge in [0.1, 0.15) is 5.75 Å². The zero-order chi connectivity index (χ0) is 11.0. The third-order valence-electron chi connectivity index (χ3n) is 3.22. The van der Waals surface area contributed by atoms with E-state index in [1.165, 1.54) is 5.56 Å².